The molecule has 0 amide bonds. The first kappa shape index (κ1) is 13.3. The zero-order chi connectivity index (χ0) is 12.4. The van der Waals surface area contributed by atoms with Crippen LogP contribution in [0.5, 0.6) is 0 Å². The Morgan fingerprint density at radius 2 is 1.50 bits per heavy atom. The molecule has 1 aliphatic carbocycles. The fourth-order valence-corrected chi connectivity index (χ4v) is 1.76. The number of nitrogens with one attached hydrogen (secondary N) is 1. The molecular weight excluding hydrogens is 229 g/mol. The summed E-state index contributed by atoms with van der Waals surface area (Å²) in [6.07, 6.45) is -1.64. The first-order valence-electron chi connectivity index (χ1n) is 5.15. The standard InChI is InChI=1S/C10H14F5N/c1-7(9(11,12)10(13,14)15)16-8-5-3-2-4-6-8/h8,16H,1-6H2. The van der Waals surface area contributed by atoms with Crippen molar-refractivity contribution in [2.24, 2.45) is 0 Å². The smallest absolute Gasteiger partial charge is 0.381 e. The monoisotopic (exact) mass is 243 g/mol. The lowest BCUT2D eigenvalue weighted by atomic mass is 9.95. The average molecular weight is 243 g/mol. The van der Waals surface area contributed by atoms with Crippen molar-refractivity contribution >= 4 is 0 Å². The molecule has 0 radical (unpaired) electrons. The fraction of sp³-hybridized carbons (Fsp3) is 0.800. The molecule has 16 heavy (non-hydrogen) atoms. The van der Waals surface area contributed by atoms with Gasteiger partial charge in [0.1, 0.15) is 0 Å². The van der Waals surface area contributed by atoms with Crippen LogP contribution in [0.4, 0.5) is 22.0 Å². The molecule has 0 atom stereocenters. The second-order valence-corrected chi connectivity index (χ2v) is 4.03. The number of hydrogen-bond acceptors (Lipinski definition) is 1. The van der Waals surface area contributed by atoms with Gasteiger partial charge in [0.15, 0.2) is 0 Å². The second kappa shape index (κ2) is 4.59. The fourth-order valence-electron chi connectivity index (χ4n) is 1.76. The van der Waals surface area contributed by atoms with E-state index in [1.165, 1.54) is 0 Å². The summed E-state index contributed by atoms with van der Waals surface area (Å²) in [4.78, 5) is 0. The van der Waals surface area contributed by atoms with Gasteiger partial charge in [-0.15, -0.1) is 0 Å². The molecule has 1 nitrogen and oxygen atoms in total. The van der Waals surface area contributed by atoms with Gasteiger partial charge in [0.25, 0.3) is 0 Å². The van der Waals surface area contributed by atoms with E-state index >= 15 is 0 Å². The Hall–Kier alpha value is -0.810. The number of alkyl halides is 5. The van der Waals surface area contributed by atoms with Crippen LogP contribution in [0.1, 0.15) is 32.1 Å². The molecule has 1 aliphatic rings. The summed E-state index contributed by atoms with van der Waals surface area (Å²) in [6.45, 7) is 2.81. The summed E-state index contributed by atoms with van der Waals surface area (Å²) in [5.74, 6) is -4.86. The molecule has 0 spiro atoms. The number of rotatable bonds is 3. The molecule has 1 fully saturated rings. The van der Waals surface area contributed by atoms with E-state index in [2.05, 4.69) is 11.9 Å². The predicted octanol–water partition coefficient (Wildman–Crippen LogP) is 3.62. The number of allylic oxidation sites excluding steroid dienone is 1. The lowest BCUT2D eigenvalue weighted by molar-refractivity contribution is -0.266. The molecule has 0 aromatic heterocycles. The maximum absolute atomic E-state index is 12.8. The van der Waals surface area contributed by atoms with Crippen LogP contribution in [0.25, 0.3) is 0 Å². The summed E-state index contributed by atoms with van der Waals surface area (Å²) in [6, 6.07) is -0.311. The topological polar surface area (TPSA) is 12.0 Å². The van der Waals surface area contributed by atoms with Gasteiger partial charge in [0, 0.05) is 6.04 Å². The minimum atomic E-state index is -5.58. The maximum atomic E-state index is 12.8. The lowest BCUT2D eigenvalue weighted by Crippen LogP contribution is -2.45. The van der Waals surface area contributed by atoms with Crippen LogP contribution in [-0.4, -0.2) is 18.1 Å². The van der Waals surface area contributed by atoms with Crippen LogP contribution in [-0.2, 0) is 0 Å². The van der Waals surface area contributed by atoms with E-state index in [1.807, 2.05) is 0 Å². The van der Waals surface area contributed by atoms with Crippen LogP contribution in [0.2, 0.25) is 0 Å². The van der Waals surface area contributed by atoms with E-state index < -0.39 is 17.8 Å². The van der Waals surface area contributed by atoms with Crippen molar-refractivity contribution in [3.8, 4) is 0 Å². The Kier molecular flexibility index (Phi) is 3.80. The zero-order valence-corrected chi connectivity index (χ0v) is 8.71. The molecule has 1 saturated carbocycles. The number of hydrogen-bond donors (Lipinski definition) is 1. The summed E-state index contributed by atoms with van der Waals surface area (Å²) >= 11 is 0. The van der Waals surface area contributed by atoms with Crippen molar-refractivity contribution in [2.45, 2.75) is 50.2 Å². The number of halogens is 5. The van der Waals surface area contributed by atoms with Crippen molar-refractivity contribution in [2.75, 3.05) is 0 Å². The van der Waals surface area contributed by atoms with E-state index in [0.29, 0.717) is 12.8 Å². The van der Waals surface area contributed by atoms with Crippen molar-refractivity contribution < 1.29 is 22.0 Å². The van der Waals surface area contributed by atoms with E-state index in [1.54, 1.807) is 0 Å². The summed E-state index contributed by atoms with van der Waals surface area (Å²) in [7, 11) is 0. The molecule has 1 rings (SSSR count). The molecule has 0 heterocycles. The molecule has 94 valence electrons. The van der Waals surface area contributed by atoms with Crippen LogP contribution in [0.3, 0.4) is 0 Å². The molecular formula is C10H14F5N. The average Bonchev–Trinajstić information content (AvgIpc) is 2.17. The van der Waals surface area contributed by atoms with E-state index in [9.17, 15) is 22.0 Å². The van der Waals surface area contributed by atoms with E-state index in [-0.39, 0.29) is 6.04 Å². The third-order valence-electron chi connectivity index (χ3n) is 2.72. The van der Waals surface area contributed by atoms with Gasteiger partial charge in [-0.1, -0.05) is 25.8 Å². The molecule has 6 heteroatoms. The third kappa shape index (κ3) is 2.86. The SMILES string of the molecule is C=C(NC1CCCCC1)C(F)(F)C(F)(F)F. The first-order chi connectivity index (χ1) is 7.25. The van der Waals surface area contributed by atoms with Gasteiger partial charge in [-0.25, -0.2) is 0 Å². The predicted molar refractivity (Wildman–Crippen MR) is 50.2 cm³/mol. The van der Waals surface area contributed by atoms with Gasteiger partial charge in [-0.05, 0) is 12.8 Å². The molecule has 0 unspecified atom stereocenters. The third-order valence-corrected chi connectivity index (χ3v) is 2.72. The van der Waals surface area contributed by atoms with Gasteiger partial charge in [-0.2, -0.15) is 22.0 Å². The van der Waals surface area contributed by atoms with Gasteiger partial charge >= 0.3 is 12.1 Å². The van der Waals surface area contributed by atoms with Crippen LogP contribution in [0, 0.1) is 0 Å². The molecule has 0 bridgehead atoms. The Morgan fingerprint density at radius 3 is 1.94 bits per heavy atom. The molecule has 0 aromatic rings. The maximum Gasteiger partial charge on any atom is 0.459 e. The minimum absolute atomic E-state index is 0.311. The van der Waals surface area contributed by atoms with Gasteiger partial charge in [-0.3, -0.25) is 0 Å². The van der Waals surface area contributed by atoms with Crippen LogP contribution in [0.15, 0.2) is 12.3 Å². The molecule has 1 N–H and O–H groups in total. The summed E-state index contributed by atoms with van der Waals surface area (Å²) in [5.41, 5.74) is -1.24. The summed E-state index contributed by atoms with van der Waals surface area (Å²) < 4.78 is 61.5. The highest BCUT2D eigenvalue weighted by Gasteiger charge is 2.59. The van der Waals surface area contributed by atoms with Gasteiger partial charge in [0.2, 0.25) is 0 Å². The Labute approximate surface area is 90.7 Å². The largest absolute Gasteiger partial charge is 0.459 e. The highest BCUT2D eigenvalue weighted by Crippen LogP contribution is 2.39. The van der Waals surface area contributed by atoms with Crippen LogP contribution < -0.4 is 5.32 Å². The quantitative estimate of drug-likeness (QED) is 0.746. The normalized spacial score (nSPS) is 19.6. The van der Waals surface area contributed by atoms with E-state index in [0.717, 1.165) is 19.3 Å². The van der Waals surface area contributed by atoms with Gasteiger partial charge in [0.05, 0.1) is 5.70 Å². The Bertz CT molecular complexity index is 252. The van der Waals surface area contributed by atoms with Crippen molar-refractivity contribution in [1.29, 1.82) is 0 Å². The van der Waals surface area contributed by atoms with Crippen LogP contribution >= 0.6 is 0 Å². The van der Waals surface area contributed by atoms with Gasteiger partial charge < -0.3 is 5.32 Å². The lowest BCUT2D eigenvalue weighted by Gasteiger charge is -2.29. The molecule has 0 aromatic carbocycles. The molecule has 0 saturated heterocycles. The Morgan fingerprint density at radius 1 is 1.00 bits per heavy atom. The minimum Gasteiger partial charge on any atom is -0.381 e. The van der Waals surface area contributed by atoms with Crippen molar-refractivity contribution in [3.63, 3.8) is 0 Å². The van der Waals surface area contributed by atoms with Crippen molar-refractivity contribution in [1.82, 2.24) is 5.32 Å². The van der Waals surface area contributed by atoms with E-state index in [4.69, 9.17) is 0 Å². The highest BCUT2D eigenvalue weighted by atomic mass is 19.4. The summed E-state index contributed by atoms with van der Waals surface area (Å²) in [5, 5.41) is 2.20. The molecule has 0 aliphatic heterocycles. The first-order valence-corrected chi connectivity index (χ1v) is 5.15. The highest BCUT2D eigenvalue weighted by molar-refractivity contribution is 5.10. The van der Waals surface area contributed by atoms with Crippen molar-refractivity contribution in [3.05, 3.63) is 12.3 Å². The zero-order valence-electron chi connectivity index (χ0n) is 8.71. The Balaban J connectivity index is 2.57. The second-order valence-electron chi connectivity index (χ2n) is 4.03.